The zero-order chi connectivity index (χ0) is 25.6. The number of benzene rings is 2. The van der Waals surface area contributed by atoms with E-state index in [2.05, 4.69) is 27.9 Å². The van der Waals surface area contributed by atoms with Crippen LogP contribution < -0.4 is 9.62 Å². The van der Waals surface area contributed by atoms with Crippen LogP contribution in [0.5, 0.6) is 0 Å². The minimum absolute atomic E-state index is 0.0588. The molecule has 0 spiro atoms. The van der Waals surface area contributed by atoms with Crippen LogP contribution in [0, 0.1) is 3.57 Å². The van der Waals surface area contributed by atoms with Crippen LogP contribution in [0.25, 0.3) is 0 Å². The Morgan fingerprint density at radius 3 is 2.12 bits per heavy atom. The number of carbonyl (C=O) groups is 2. The van der Waals surface area contributed by atoms with Crippen LogP contribution in [-0.2, 0) is 26.2 Å². The monoisotopic (exact) mass is 639 g/mol. The molecule has 0 saturated heterocycles. The third-order valence-corrected chi connectivity index (χ3v) is 7.92. The van der Waals surface area contributed by atoms with Crippen molar-refractivity contribution in [3.8, 4) is 0 Å². The van der Waals surface area contributed by atoms with Crippen molar-refractivity contribution in [2.75, 3.05) is 17.1 Å². The van der Waals surface area contributed by atoms with E-state index in [0.29, 0.717) is 21.3 Å². The van der Waals surface area contributed by atoms with Gasteiger partial charge in [0.2, 0.25) is 21.8 Å². The Kier molecular flexibility index (Phi) is 10.5. The van der Waals surface area contributed by atoms with E-state index in [-0.39, 0.29) is 18.5 Å². The topological polar surface area (TPSA) is 86.8 Å². The highest BCUT2D eigenvalue weighted by Gasteiger charge is 2.31. The van der Waals surface area contributed by atoms with Crippen LogP contribution in [0.15, 0.2) is 42.5 Å². The Hall–Kier alpha value is -1.56. The van der Waals surface area contributed by atoms with Crippen molar-refractivity contribution in [1.29, 1.82) is 0 Å². The van der Waals surface area contributed by atoms with E-state index in [1.807, 2.05) is 13.8 Å². The number of halogens is 3. The number of nitrogens with one attached hydrogen (secondary N) is 1. The molecule has 0 aliphatic rings. The van der Waals surface area contributed by atoms with E-state index < -0.39 is 28.5 Å². The van der Waals surface area contributed by atoms with E-state index >= 15 is 0 Å². The molecule has 0 heterocycles. The second kappa shape index (κ2) is 12.4. The molecule has 11 heteroatoms. The first-order valence-corrected chi connectivity index (χ1v) is 14.3. The van der Waals surface area contributed by atoms with Gasteiger partial charge in [0.25, 0.3) is 0 Å². The van der Waals surface area contributed by atoms with Crippen molar-refractivity contribution < 1.29 is 18.0 Å². The number of rotatable bonds is 10. The summed E-state index contributed by atoms with van der Waals surface area (Å²) in [6.07, 6.45) is 1.75. The number of hydrogen-bond donors (Lipinski definition) is 1. The summed E-state index contributed by atoms with van der Waals surface area (Å²) in [5, 5.41) is 3.56. The Balaban J connectivity index is 2.43. The third kappa shape index (κ3) is 7.73. The fraction of sp³-hybridized carbons (Fsp3) is 0.391. The van der Waals surface area contributed by atoms with E-state index in [4.69, 9.17) is 23.2 Å². The molecular formula is C23H28Cl2IN3O4S. The van der Waals surface area contributed by atoms with Crippen LogP contribution in [0.3, 0.4) is 0 Å². The summed E-state index contributed by atoms with van der Waals surface area (Å²) in [4.78, 5) is 27.7. The summed E-state index contributed by atoms with van der Waals surface area (Å²) in [5.74, 6) is -0.919. The Morgan fingerprint density at radius 2 is 1.62 bits per heavy atom. The molecule has 2 atom stereocenters. The lowest BCUT2D eigenvalue weighted by Crippen LogP contribution is -2.52. The molecule has 34 heavy (non-hydrogen) atoms. The molecule has 0 saturated carbocycles. The molecule has 2 aromatic carbocycles. The minimum atomic E-state index is -3.79. The maximum absolute atomic E-state index is 13.5. The summed E-state index contributed by atoms with van der Waals surface area (Å²) >= 11 is 14.8. The van der Waals surface area contributed by atoms with Crippen LogP contribution >= 0.6 is 45.8 Å². The van der Waals surface area contributed by atoms with Crippen LogP contribution in [0.4, 0.5) is 5.69 Å². The molecular weight excluding hydrogens is 612 g/mol. The van der Waals surface area contributed by atoms with Gasteiger partial charge in [0.1, 0.15) is 12.6 Å². The summed E-state index contributed by atoms with van der Waals surface area (Å²) in [5.41, 5.74) is 0.825. The van der Waals surface area contributed by atoms with E-state index in [9.17, 15) is 18.0 Å². The Labute approximate surface area is 225 Å². The van der Waals surface area contributed by atoms with Crippen molar-refractivity contribution in [3.63, 3.8) is 0 Å². The van der Waals surface area contributed by atoms with Gasteiger partial charge in [0.05, 0.1) is 11.9 Å². The lowest BCUT2D eigenvalue weighted by molar-refractivity contribution is -0.139. The van der Waals surface area contributed by atoms with Gasteiger partial charge in [-0.25, -0.2) is 8.42 Å². The molecule has 2 aromatic rings. The SMILES string of the molecule is CC[C@H](C)NC(=O)[C@@H](C)N(Cc1c(Cl)cccc1Cl)C(=O)CN(c1ccc(I)cc1)S(C)(=O)=O. The average molecular weight is 640 g/mol. The Bertz CT molecular complexity index is 1110. The lowest BCUT2D eigenvalue weighted by atomic mass is 10.1. The molecule has 186 valence electrons. The first-order valence-electron chi connectivity index (χ1n) is 10.6. The van der Waals surface area contributed by atoms with Gasteiger partial charge < -0.3 is 10.2 Å². The van der Waals surface area contributed by atoms with Gasteiger partial charge >= 0.3 is 0 Å². The highest BCUT2D eigenvalue weighted by Crippen LogP contribution is 2.27. The van der Waals surface area contributed by atoms with E-state index in [0.717, 1.165) is 20.6 Å². The largest absolute Gasteiger partial charge is 0.352 e. The minimum Gasteiger partial charge on any atom is -0.352 e. The number of carbonyl (C=O) groups excluding carboxylic acids is 2. The van der Waals surface area contributed by atoms with Crippen molar-refractivity contribution >= 4 is 73.3 Å². The fourth-order valence-electron chi connectivity index (χ4n) is 3.12. The molecule has 0 unspecified atom stereocenters. The van der Waals surface area contributed by atoms with Crippen LogP contribution in [0.1, 0.15) is 32.8 Å². The van der Waals surface area contributed by atoms with Crippen molar-refractivity contribution in [2.24, 2.45) is 0 Å². The van der Waals surface area contributed by atoms with Gasteiger partial charge in [-0.3, -0.25) is 13.9 Å². The fourth-order valence-corrected chi connectivity index (χ4v) is 4.85. The number of anilines is 1. The maximum atomic E-state index is 13.5. The summed E-state index contributed by atoms with van der Waals surface area (Å²) in [6.45, 7) is 4.85. The zero-order valence-corrected chi connectivity index (χ0v) is 23.9. The first kappa shape index (κ1) is 28.7. The van der Waals surface area contributed by atoms with Gasteiger partial charge in [-0.15, -0.1) is 0 Å². The molecule has 2 amide bonds. The summed E-state index contributed by atoms with van der Waals surface area (Å²) in [6, 6.07) is 10.7. The lowest BCUT2D eigenvalue weighted by Gasteiger charge is -2.32. The normalized spacial score (nSPS) is 13.1. The van der Waals surface area contributed by atoms with E-state index in [1.54, 1.807) is 49.4 Å². The van der Waals surface area contributed by atoms with Crippen molar-refractivity contribution in [2.45, 2.75) is 45.8 Å². The predicted molar refractivity (Wildman–Crippen MR) is 146 cm³/mol. The molecule has 0 aromatic heterocycles. The van der Waals surface area contributed by atoms with Crippen molar-refractivity contribution in [3.05, 3.63) is 61.6 Å². The smallest absolute Gasteiger partial charge is 0.244 e. The average Bonchev–Trinajstić information content (AvgIpc) is 2.76. The summed E-state index contributed by atoms with van der Waals surface area (Å²) < 4.78 is 27.1. The van der Waals surface area contributed by atoms with Crippen molar-refractivity contribution in [1.82, 2.24) is 10.2 Å². The number of hydrogen-bond acceptors (Lipinski definition) is 4. The van der Waals surface area contributed by atoms with Crippen LogP contribution in [0.2, 0.25) is 10.0 Å². The molecule has 0 bridgehead atoms. The second-order valence-corrected chi connectivity index (χ2v) is 11.9. The maximum Gasteiger partial charge on any atom is 0.244 e. The van der Waals surface area contributed by atoms with Gasteiger partial charge in [-0.05, 0) is 79.3 Å². The van der Waals surface area contributed by atoms with Crippen LogP contribution in [-0.4, -0.2) is 50.0 Å². The van der Waals surface area contributed by atoms with Gasteiger partial charge in [-0.2, -0.15) is 0 Å². The van der Waals surface area contributed by atoms with E-state index in [1.165, 1.54) is 4.90 Å². The highest BCUT2D eigenvalue weighted by molar-refractivity contribution is 14.1. The second-order valence-electron chi connectivity index (χ2n) is 7.96. The van der Waals surface area contributed by atoms with Gasteiger partial charge in [-0.1, -0.05) is 36.2 Å². The molecule has 0 aliphatic carbocycles. The third-order valence-electron chi connectivity index (χ3n) is 5.35. The molecule has 1 N–H and O–H groups in total. The molecule has 0 aliphatic heterocycles. The predicted octanol–water partition coefficient (Wildman–Crippen LogP) is 4.70. The zero-order valence-electron chi connectivity index (χ0n) is 19.4. The quantitative estimate of drug-likeness (QED) is 0.382. The molecule has 7 nitrogen and oxygen atoms in total. The standard InChI is InChI=1S/C23H28Cl2IN3O4S/c1-5-15(2)27-23(31)16(3)28(13-19-20(24)7-6-8-21(19)25)22(30)14-29(34(4,32)33)18-11-9-17(26)10-12-18/h6-12,15-16H,5,13-14H2,1-4H3,(H,27,31)/t15-,16+/m0/s1. The number of sulfonamides is 1. The highest BCUT2D eigenvalue weighted by atomic mass is 127. The molecule has 0 radical (unpaired) electrons. The Morgan fingerprint density at radius 1 is 1.06 bits per heavy atom. The molecule has 2 rings (SSSR count). The van der Waals surface area contributed by atoms with Gasteiger partial charge in [0, 0.05) is 31.8 Å². The van der Waals surface area contributed by atoms with Gasteiger partial charge in [0.15, 0.2) is 0 Å². The summed E-state index contributed by atoms with van der Waals surface area (Å²) in [7, 11) is -3.79. The number of nitrogens with zero attached hydrogens (tertiary/aromatic N) is 2. The number of amides is 2. The first-order chi connectivity index (χ1) is 15.8. The molecule has 0 fully saturated rings.